The Labute approximate surface area is 148 Å². The molecule has 130 valence electrons. The molecule has 0 bridgehead atoms. The molecule has 0 radical (unpaired) electrons. The van der Waals surface area contributed by atoms with Crippen molar-refractivity contribution in [3.63, 3.8) is 0 Å². The Hall–Kier alpha value is -3.74. The number of hydrogen-bond acceptors (Lipinski definition) is 5. The number of hydrogen-bond donors (Lipinski definition) is 0. The minimum Gasteiger partial charge on any atom is -0.464 e. The fraction of sp³-hybridized carbons (Fsp3) is 0.0526. The summed E-state index contributed by atoms with van der Waals surface area (Å²) in [5.41, 5.74) is 0.867. The first kappa shape index (κ1) is 17.1. The van der Waals surface area contributed by atoms with Crippen molar-refractivity contribution in [3.8, 4) is 5.69 Å². The second-order valence-corrected chi connectivity index (χ2v) is 5.41. The van der Waals surface area contributed by atoms with Crippen LogP contribution >= 0.6 is 0 Å². The molecular formula is C19H14N2O5. The fourth-order valence-corrected chi connectivity index (χ4v) is 2.64. The average Bonchev–Trinajstić information content (AvgIpc) is 3.16. The first-order chi connectivity index (χ1) is 12.5. The van der Waals surface area contributed by atoms with Crippen LogP contribution in [0.15, 0.2) is 66.9 Å². The maximum Gasteiger partial charge on any atom is 0.355 e. The molecule has 26 heavy (non-hydrogen) atoms. The highest BCUT2D eigenvalue weighted by molar-refractivity contribution is 6.11. The van der Waals surface area contributed by atoms with Crippen molar-refractivity contribution in [2.45, 2.75) is 0 Å². The van der Waals surface area contributed by atoms with E-state index in [-0.39, 0.29) is 22.7 Å². The van der Waals surface area contributed by atoms with E-state index in [1.54, 1.807) is 48.7 Å². The van der Waals surface area contributed by atoms with Crippen LogP contribution in [0.4, 0.5) is 5.69 Å². The van der Waals surface area contributed by atoms with E-state index in [1.165, 1.54) is 29.9 Å². The van der Waals surface area contributed by atoms with Crippen molar-refractivity contribution in [1.29, 1.82) is 0 Å². The van der Waals surface area contributed by atoms with E-state index < -0.39 is 10.9 Å². The summed E-state index contributed by atoms with van der Waals surface area (Å²) in [5, 5.41) is 11.1. The summed E-state index contributed by atoms with van der Waals surface area (Å²) < 4.78 is 6.23. The van der Waals surface area contributed by atoms with Gasteiger partial charge < -0.3 is 9.30 Å². The first-order valence-electron chi connectivity index (χ1n) is 7.67. The summed E-state index contributed by atoms with van der Waals surface area (Å²) in [6.45, 7) is 0. The predicted molar refractivity (Wildman–Crippen MR) is 93.6 cm³/mol. The van der Waals surface area contributed by atoms with Crippen LogP contribution < -0.4 is 0 Å². The number of carbonyl (C=O) groups excluding carboxylic acids is 2. The maximum atomic E-state index is 12.9. The lowest BCUT2D eigenvalue weighted by molar-refractivity contribution is -0.384. The van der Waals surface area contributed by atoms with Crippen molar-refractivity contribution in [3.05, 3.63) is 93.8 Å². The zero-order valence-electron chi connectivity index (χ0n) is 13.8. The topological polar surface area (TPSA) is 91.4 Å². The van der Waals surface area contributed by atoms with Gasteiger partial charge in [-0.2, -0.15) is 0 Å². The third-order valence-corrected chi connectivity index (χ3v) is 3.87. The van der Waals surface area contributed by atoms with Gasteiger partial charge in [-0.1, -0.05) is 30.3 Å². The summed E-state index contributed by atoms with van der Waals surface area (Å²) in [5.74, 6) is -0.958. The molecule has 0 saturated heterocycles. The molecule has 0 aliphatic carbocycles. The molecule has 0 aliphatic heterocycles. The predicted octanol–water partition coefficient (Wildman–Crippen LogP) is 3.40. The SMILES string of the molecule is COC(=O)c1cccn1-c1ccc([N+](=O)[O-])cc1C(=O)c1ccccc1. The standard InChI is InChI=1S/C19H14N2O5/c1-26-19(23)17-8-5-11-20(17)16-10-9-14(21(24)25)12-15(16)18(22)13-6-3-2-4-7-13/h2-12H,1H3. The fourth-order valence-electron chi connectivity index (χ4n) is 2.64. The maximum absolute atomic E-state index is 12.9. The third kappa shape index (κ3) is 3.10. The van der Waals surface area contributed by atoms with E-state index >= 15 is 0 Å². The van der Waals surface area contributed by atoms with Gasteiger partial charge in [-0.25, -0.2) is 4.79 Å². The number of nitro groups is 1. The van der Waals surface area contributed by atoms with Gasteiger partial charge in [0.2, 0.25) is 0 Å². The summed E-state index contributed by atoms with van der Waals surface area (Å²) in [6.07, 6.45) is 1.59. The van der Waals surface area contributed by atoms with Crippen molar-refractivity contribution < 1.29 is 19.2 Å². The largest absolute Gasteiger partial charge is 0.464 e. The zero-order chi connectivity index (χ0) is 18.7. The van der Waals surface area contributed by atoms with Gasteiger partial charge in [-0.3, -0.25) is 14.9 Å². The Morgan fingerprint density at radius 1 is 1.04 bits per heavy atom. The van der Waals surface area contributed by atoms with Crippen LogP contribution in [0.1, 0.15) is 26.4 Å². The number of esters is 1. The highest BCUT2D eigenvalue weighted by atomic mass is 16.6. The smallest absolute Gasteiger partial charge is 0.355 e. The van der Waals surface area contributed by atoms with Gasteiger partial charge in [0.05, 0.1) is 23.3 Å². The van der Waals surface area contributed by atoms with E-state index in [9.17, 15) is 19.7 Å². The summed E-state index contributed by atoms with van der Waals surface area (Å²) >= 11 is 0. The molecular weight excluding hydrogens is 336 g/mol. The van der Waals surface area contributed by atoms with E-state index in [0.717, 1.165) is 0 Å². The van der Waals surface area contributed by atoms with Crippen LogP contribution in [0.5, 0.6) is 0 Å². The Balaban J connectivity index is 2.20. The normalized spacial score (nSPS) is 10.3. The van der Waals surface area contributed by atoms with Gasteiger partial charge in [0.1, 0.15) is 5.69 Å². The van der Waals surface area contributed by atoms with Gasteiger partial charge >= 0.3 is 5.97 Å². The highest BCUT2D eigenvalue weighted by Crippen LogP contribution is 2.25. The number of ketones is 1. The van der Waals surface area contributed by atoms with E-state index in [0.29, 0.717) is 11.3 Å². The van der Waals surface area contributed by atoms with Crippen molar-refractivity contribution in [1.82, 2.24) is 4.57 Å². The lowest BCUT2D eigenvalue weighted by Gasteiger charge is -2.13. The second-order valence-electron chi connectivity index (χ2n) is 5.41. The first-order valence-corrected chi connectivity index (χ1v) is 7.67. The lowest BCUT2D eigenvalue weighted by Crippen LogP contribution is -2.13. The van der Waals surface area contributed by atoms with Crippen molar-refractivity contribution in [2.24, 2.45) is 0 Å². The number of non-ortho nitro benzene ring substituents is 1. The van der Waals surface area contributed by atoms with Gasteiger partial charge in [0, 0.05) is 23.9 Å². The molecule has 2 aromatic carbocycles. The molecule has 0 atom stereocenters. The van der Waals surface area contributed by atoms with Gasteiger partial charge in [0.15, 0.2) is 5.78 Å². The van der Waals surface area contributed by atoms with Crippen molar-refractivity contribution in [2.75, 3.05) is 7.11 Å². The Bertz CT molecular complexity index is 992. The number of nitrogens with zero attached hydrogens (tertiary/aromatic N) is 2. The summed E-state index contributed by atoms with van der Waals surface area (Å²) in [4.78, 5) is 35.5. The number of nitro benzene ring substituents is 1. The molecule has 0 aliphatic rings. The zero-order valence-corrected chi connectivity index (χ0v) is 13.8. The van der Waals surface area contributed by atoms with Crippen LogP contribution in [-0.2, 0) is 4.74 Å². The van der Waals surface area contributed by atoms with E-state index in [1.807, 2.05) is 0 Å². The summed E-state index contributed by atoms with van der Waals surface area (Å²) in [7, 11) is 1.26. The van der Waals surface area contributed by atoms with Crippen LogP contribution in [0.25, 0.3) is 5.69 Å². The molecule has 0 unspecified atom stereocenters. The molecule has 0 saturated carbocycles. The van der Waals surface area contributed by atoms with Gasteiger partial charge in [0.25, 0.3) is 5.69 Å². The Morgan fingerprint density at radius 3 is 2.42 bits per heavy atom. The monoisotopic (exact) mass is 350 g/mol. The van der Waals surface area contributed by atoms with Crippen LogP contribution in [0, 0.1) is 10.1 Å². The van der Waals surface area contributed by atoms with Gasteiger partial charge in [-0.05, 0) is 18.2 Å². The lowest BCUT2D eigenvalue weighted by atomic mass is 10.0. The highest BCUT2D eigenvalue weighted by Gasteiger charge is 2.21. The number of methoxy groups -OCH3 is 1. The molecule has 1 aromatic heterocycles. The van der Waals surface area contributed by atoms with Crippen molar-refractivity contribution >= 4 is 17.4 Å². The molecule has 0 amide bonds. The minimum atomic E-state index is -0.577. The Morgan fingerprint density at radius 2 is 1.77 bits per heavy atom. The number of aromatic nitrogens is 1. The number of ether oxygens (including phenoxy) is 1. The Kier molecular flexibility index (Phi) is 4.62. The minimum absolute atomic E-state index is 0.117. The average molecular weight is 350 g/mol. The van der Waals surface area contributed by atoms with E-state index in [2.05, 4.69) is 0 Å². The number of carbonyl (C=O) groups is 2. The molecule has 3 rings (SSSR count). The van der Waals surface area contributed by atoms with Gasteiger partial charge in [-0.15, -0.1) is 0 Å². The van der Waals surface area contributed by atoms with E-state index in [4.69, 9.17) is 4.74 Å². The molecule has 3 aromatic rings. The molecule has 0 fully saturated rings. The second kappa shape index (κ2) is 7.02. The molecule has 7 nitrogen and oxygen atoms in total. The number of benzene rings is 2. The third-order valence-electron chi connectivity index (χ3n) is 3.87. The van der Waals surface area contributed by atoms with Crippen LogP contribution in [0.3, 0.4) is 0 Å². The quantitative estimate of drug-likeness (QED) is 0.304. The van der Waals surface area contributed by atoms with Crippen LogP contribution in [-0.4, -0.2) is 28.4 Å². The molecule has 7 heteroatoms. The molecule has 0 spiro atoms. The number of rotatable bonds is 5. The molecule has 0 N–H and O–H groups in total. The molecule has 1 heterocycles. The summed E-state index contributed by atoms with van der Waals surface area (Å²) in [6, 6.07) is 15.6. The van der Waals surface area contributed by atoms with Crippen LogP contribution in [0.2, 0.25) is 0 Å².